The Labute approximate surface area is 122 Å². The van der Waals surface area contributed by atoms with Gasteiger partial charge < -0.3 is 10.4 Å². The first-order valence-electron chi connectivity index (χ1n) is 6.30. The van der Waals surface area contributed by atoms with Crippen molar-refractivity contribution in [3.63, 3.8) is 0 Å². The number of hydrogen-bond donors (Lipinski definition) is 2. The summed E-state index contributed by atoms with van der Waals surface area (Å²) < 4.78 is 0. The van der Waals surface area contributed by atoms with E-state index in [1.807, 2.05) is 6.07 Å². The van der Waals surface area contributed by atoms with Crippen molar-refractivity contribution in [3.8, 4) is 0 Å². The van der Waals surface area contributed by atoms with Gasteiger partial charge in [0.05, 0.1) is 5.56 Å². The van der Waals surface area contributed by atoms with Crippen molar-refractivity contribution in [3.05, 3.63) is 65.5 Å². The highest BCUT2D eigenvalue weighted by atomic mass is 16.4. The van der Waals surface area contributed by atoms with Gasteiger partial charge in [-0.05, 0) is 42.3 Å². The average molecular weight is 282 g/mol. The number of carbonyl (C=O) groups is 2. The Bertz CT molecular complexity index is 694. The van der Waals surface area contributed by atoms with Crippen molar-refractivity contribution < 1.29 is 14.7 Å². The Kier molecular flexibility index (Phi) is 4.46. The molecular weight excluding hydrogens is 268 g/mol. The molecular formula is C16H14N2O3. The zero-order valence-electron chi connectivity index (χ0n) is 11.4. The summed E-state index contributed by atoms with van der Waals surface area (Å²) in [5.74, 6) is -1.35. The normalized spacial score (nSPS) is 10.5. The number of carboxylic acid groups (broad SMARTS) is 1. The van der Waals surface area contributed by atoms with Crippen LogP contribution in [0, 0.1) is 6.92 Å². The smallest absolute Gasteiger partial charge is 0.336 e. The van der Waals surface area contributed by atoms with Crippen LogP contribution in [0.5, 0.6) is 0 Å². The number of pyridine rings is 1. The van der Waals surface area contributed by atoms with Gasteiger partial charge in [-0.2, -0.15) is 0 Å². The first-order chi connectivity index (χ1) is 10.1. The van der Waals surface area contributed by atoms with Crippen LogP contribution in [0.15, 0.2) is 48.8 Å². The molecule has 1 aromatic carbocycles. The molecule has 106 valence electrons. The van der Waals surface area contributed by atoms with Gasteiger partial charge >= 0.3 is 5.97 Å². The number of carbonyl (C=O) groups excluding carboxylic acids is 1. The summed E-state index contributed by atoms with van der Waals surface area (Å²) >= 11 is 0. The summed E-state index contributed by atoms with van der Waals surface area (Å²) in [4.78, 5) is 26.8. The minimum atomic E-state index is -1.02. The molecule has 0 unspecified atom stereocenters. The highest BCUT2D eigenvalue weighted by Crippen LogP contribution is 2.19. The summed E-state index contributed by atoms with van der Waals surface area (Å²) in [6.07, 6.45) is 6.31. The number of carboxylic acids is 1. The highest BCUT2D eigenvalue weighted by molar-refractivity contribution is 6.03. The predicted molar refractivity (Wildman–Crippen MR) is 80.0 cm³/mol. The van der Waals surface area contributed by atoms with E-state index in [-0.39, 0.29) is 11.5 Å². The molecule has 0 atom stereocenters. The van der Waals surface area contributed by atoms with Crippen LogP contribution in [-0.4, -0.2) is 22.0 Å². The van der Waals surface area contributed by atoms with Crippen LogP contribution in [0.3, 0.4) is 0 Å². The van der Waals surface area contributed by atoms with Crippen LogP contribution < -0.4 is 5.32 Å². The van der Waals surface area contributed by atoms with Gasteiger partial charge in [-0.3, -0.25) is 9.78 Å². The SMILES string of the molecule is Cc1c(NC(=O)C=Cc2cccnc2)cccc1C(=O)O. The van der Waals surface area contributed by atoms with Gasteiger partial charge in [0, 0.05) is 24.2 Å². The van der Waals surface area contributed by atoms with Crippen molar-refractivity contribution in [1.29, 1.82) is 0 Å². The van der Waals surface area contributed by atoms with Crippen LogP contribution in [0.25, 0.3) is 6.08 Å². The van der Waals surface area contributed by atoms with E-state index in [1.165, 1.54) is 12.1 Å². The molecule has 1 amide bonds. The first kappa shape index (κ1) is 14.5. The lowest BCUT2D eigenvalue weighted by Crippen LogP contribution is -2.11. The number of anilines is 1. The van der Waals surface area contributed by atoms with E-state index < -0.39 is 5.97 Å². The Balaban J connectivity index is 2.12. The van der Waals surface area contributed by atoms with Gasteiger partial charge in [-0.15, -0.1) is 0 Å². The number of nitrogens with zero attached hydrogens (tertiary/aromatic N) is 1. The largest absolute Gasteiger partial charge is 0.478 e. The molecule has 0 bridgehead atoms. The van der Waals surface area contributed by atoms with Crippen molar-refractivity contribution >= 4 is 23.6 Å². The van der Waals surface area contributed by atoms with Gasteiger partial charge in [0.2, 0.25) is 5.91 Å². The molecule has 0 aliphatic rings. The third-order valence-corrected chi connectivity index (χ3v) is 2.93. The summed E-state index contributed by atoms with van der Waals surface area (Å²) in [6, 6.07) is 8.36. The molecule has 0 aliphatic heterocycles. The summed E-state index contributed by atoms with van der Waals surface area (Å²) in [6.45, 7) is 1.66. The number of hydrogen-bond acceptors (Lipinski definition) is 3. The molecule has 0 spiro atoms. The molecule has 0 fully saturated rings. The zero-order chi connectivity index (χ0) is 15.2. The molecule has 1 aromatic heterocycles. The van der Waals surface area contributed by atoms with Crippen molar-refractivity contribution in [2.24, 2.45) is 0 Å². The van der Waals surface area contributed by atoms with E-state index in [2.05, 4.69) is 10.3 Å². The van der Waals surface area contributed by atoms with Crippen LogP contribution in [0.4, 0.5) is 5.69 Å². The van der Waals surface area contributed by atoms with Gasteiger partial charge in [0.25, 0.3) is 0 Å². The maximum atomic E-state index is 11.9. The Morgan fingerprint density at radius 3 is 2.71 bits per heavy atom. The topological polar surface area (TPSA) is 79.3 Å². The van der Waals surface area contributed by atoms with Crippen LogP contribution >= 0.6 is 0 Å². The Morgan fingerprint density at radius 2 is 2.05 bits per heavy atom. The van der Waals surface area contributed by atoms with Crippen molar-refractivity contribution in [2.75, 3.05) is 5.32 Å². The number of nitrogens with one attached hydrogen (secondary N) is 1. The number of aromatic carboxylic acids is 1. The van der Waals surface area contributed by atoms with E-state index >= 15 is 0 Å². The molecule has 0 saturated heterocycles. The minimum absolute atomic E-state index is 0.170. The second-order valence-corrected chi connectivity index (χ2v) is 4.39. The Hall–Kier alpha value is -2.95. The minimum Gasteiger partial charge on any atom is -0.478 e. The van der Waals surface area contributed by atoms with Gasteiger partial charge in [-0.1, -0.05) is 12.1 Å². The third kappa shape index (κ3) is 3.76. The van der Waals surface area contributed by atoms with Crippen molar-refractivity contribution in [1.82, 2.24) is 4.98 Å². The van der Waals surface area contributed by atoms with Gasteiger partial charge in [0.1, 0.15) is 0 Å². The fraction of sp³-hybridized carbons (Fsp3) is 0.0625. The molecule has 0 radical (unpaired) electrons. The molecule has 21 heavy (non-hydrogen) atoms. The highest BCUT2D eigenvalue weighted by Gasteiger charge is 2.10. The van der Waals surface area contributed by atoms with Crippen LogP contribution in [-0.2, 0) is 4.79 Å². The number of aromatic nitrogens is 1. The quantitative estimate of drug-likeness (QED) is 0.845. The maximum Gasteiger partial charge on any atom is 0.336 e. The third-order valence-electron chi connectivity index (χ3n) is 2.93. The molecule has 2 N–H and O–H groups in total. The predicted octanol–water partition coefficient (Wildman–Crippen LogP) is 2.74. The van der Waals surface area contributed by atoms with E-state index in [4.69, 9.17) is 5.11 Å². The monoisotopic (exact) mass is 282 g/mol. The number of benzene rings is 1. The fourth-order valence-electron chi connectivity index (χ4n) is 1.82. The molecule has 5 nitrogen and oxygen atoms in total. The van der Waals surface area contributed by atoms with E-state index in [0.29, 0.717) is 11.3 Å². The molecule has 0 aliphatic carbocycles. The van der Waals surface area contributed by atoms with Crippen LogP contribution in [0.1, 0.15) is 21.5 Å². The summed E-state index contributed by atoms with van der Waals surface area (Å²) in [5, 5.41) is 11.7. The molecule has 0 saturated carbocycles. The molecule has 5 heteroatoms. The molecule has 2 rings (SSSR count). The second kappa shape index (κ2) is 6.47. The first-order valence-corrected chi connectivity index (χ1v) is 6.30. The number of amides is 1. The number of rotatable bonds is 4. The Morgan fingerprint density at radius 1 is 1.24 bits per heavy atom. The van der Waals surface area contributed by atoms with E-state index in [0.717, 1.165) is 5.56 Å². The zero-order valence-corrected chi connectivity index (χ0v) is 11.4. The fourth-order valence-corrected chi connectivity index (χ4v) is 1.82. The lowest BCUT2D eigenvalue weighted by Gasteiger charge is -2.08. The van der Waals surface area contributed by atoms with Gasteiger partial charge in [-0.25, -0.2) is 4.79 Å². The van der Waals surface area contributed by atoms with Gasteiger partial charge in [0.15, 0.2) is 0 Å². The summed E-state index contributed by atoms with van der Waals surface area (Å²) in [5.41, 5.74) is 1.98. The second-order valence-electron chi connectivity index (χ2n) is 4.39. The molecule has 2 aromatic rings. The average Bonchev–Trinajstić information content (AvgIpc) is 2.48. The summed E-state index contributed by atoms with van der Waals surface area (Å²) in [7, 11) is 0. The van der Waals surface area contributed by atoms with E-state index in [1.54, 1.807) is 43.6 Å². The van der Waals surface area contributed by atoms with E-state index in [9.17, 15) is 9.59 Å². The lowest BCUT2D eigenvalue weighted by atomic mass is 10.1. The lowest BCUT2D eigenvalue weighted by molar-refractivity contribution is -0.111. The standard InChI is InChI=1S/C16H14N2O3/c1-11-13(16(20)21)5-2-6-14(11)18-15(19)8-7-12-4-3-9-17-10-12/h2-10H,1H3,(H,18,19)(H,20,21). The van der Waals surface area contributed by atoms with Crippen LogP contribution in [0.2, 0.25) is 0 Å². The van der Waals surface area contributed by atoms with Crippen molar-refractivity contribution in [2.45, 2.75) is 6.92 Å². The molecule has 1 heterocycles. The maximum absolute atomic E-state index is 11.9.